The van der Waals surface area contributed by atoms with Crippen LogP contribution in [0, 0.1) is 17.0 Å². The summed E-state index contributed by atoms with van der Waals surface area (Å²) in [6.07, 6.45) is 3.50. The largest absolute Gasteiger partial charge is 0.378 e. The summed E-state index contributed by atoms with van der Waals surface area (Å²) in [4.78, 5) is 14.5. The van der Waals surface area contributed by atoms with Gasteiger partial charge < -0.3 is 5.32 Å². The number of benzene rings is 1. The third-order valence-electron chi connectivity index (χ3n) is 2.84. The number of hydrogen-bond acceptors (Lipinski definition) is 4. The van der Waals surface area contributed by atoms with Gasteiger partial charge in [0.2, 0.25) is 0 Å². The van der Waals surface area contributed by atoms with E-state index in [0.717, 1.165) is 16.8 Å². The third kappa shape index (κ3) is 3.28. The van der Waals surface area contributed by atoms with Gasteiger partial charge >= 0.3 is 0 Å². The van der Waals surface area contributed by atoms with E-state index in [1.807, 2.05) is 32.0 Å². The van der Waals surface area contributed by atoms with E-state index in [-0.39, 0.29) is 16.7 Å². The van der Waals surface area contributed by atoms with E-state index in [9.17, 15) is 10.1 Å². The van der Waals surface area contributed by atoms with E-state index in [1.54, 1.807) is 24.5 Å². The fraction of sp³-hybridized carbons (Fsp3) is 0.214. The van der Waals surface area contributed by atoms with Gasteiger partial charge in [0.15, 0.2) is 0 Å². The maximum absolute atomic E-state index is 10.8. The first-order valence-electron chi connectivity index (χ1n) is 5.99. The molecule has 1 aromatic carbocycles. The number of nitrogens with one attached hydrogen (secondary N) is 1. The van der Waals surface area contributed by atoms with Crippen molar-refractivity contribution in [3.05, 3.63) is 64.0 Å². The van der Waals surface area contributed by atoms with Crippen LogP contribution in [-0.2, 0) is 0 Å². The molecule has 5 heteroatoms. The number of hydrogen-bond donors (Lipinski definition) is 1. The summed E-state index contributed by atoms with van der Waals surface area (Å²) >= 11 is 0. The number of anilines is 1. The number of nitro groups is 1. The van der Waals surface area contributed by atoms with Crippen LogP contribution in [0.3, 0.4) is 0 Å². The Bertz CT molecular complexity index is 584. The number of nitro benzene ring substituents is 1. The lowest BCUT2D eigenvalue weighted by Gasteiger charge is -2.15. The van der Waals surface area contributed by atoms with Gasteiger partial charge in [0.25, 0.3) is 5.69 Å². The Morgan fingerprint density at radius 1 is 1.37 bits per heavy atom. The van der Waals surface area contributed by atoms with Crippen molar-refractivity contribution in [3.8, 4) is 0 Å². The van der Waals surface area contributed by atoms with E-state index in [0.29, 0.717) is 0 Å². The minimum Gasteiger partial charge on any atom is -0.378 e. The molecular formula is C14H15N3O2. The normalized spacial score (nSPS) is 11.9. The third-order valence-corrected chi connectivity index (χ3v) is 2.84. The zero-order valence-electron chi connectivity index (χ0n) is 10.8. The number of non-ortho nitro benzene ring substituents is 1. The highest BCUT2D eigenvalue weighted by Crippen LogP contribution is 2.24. The van der Waals surface area contributed by atoms with Crippen LogP contribution >= 0.6 is 0 Å². The monoisotopic (exact) mass is 257 g/mol. The molecule has 0 fully saturated rings. The molecule has 1 unspecified atom stereocenters. The molecule has 0 saturated heterocycles. The van der Waals surface area contributed by atoms with Gasteiger partial charge in [-0.1, -0.05) is 6.07 Å². The summed E-state index contributed by atoms with van der Waals surface area (Å²) < 4.78 is 0. The number of nitrogens with zero attached hydrogens (tertiary/aromatic N) is 2. The van der Waals surface area contributed by atoms with Crippen LogP contribution in [0.5, 0.6) is 0 Å². The summed E-state index contributed by atoms with van der Waals surface area (Å²) in [5.74, 6) is 0. The number of aryl methyl sites for hydroxylation is 1. The Labute approximate surface area is 111 Å². The van der Waals surface area contributed by atoms with Gasteiger partial charge in [0.1, 0.15) is 0 Å². The fourth-order valence-electron chi connectivity index (χ4n) is 1.92. The molecule has 1 atom stereocenters. The quantitative estimate of drug-likeness (QED) is 0.672. The van der Waals surface area contributed by atoms with Crippen LogP contribution in [0.1, 0.15) is 24.1 Å². The van der Waals surface area contributed by atoms with Gasteiger partial charge in [0.05, 0.1) is 11.0 Å². The second-order valence-corrected chi connectivity index (χ2v) is 4.47. The Balaban J connectivity index is 2.21. The van der Waals surface area contributed by atoms with Crippen molar-refractivity contribution in [2.75, 3.05) is 5.32 Å². The second kappa shape index (κ2) is 5.48. The first-order chi connectivity index (χ1) is 9.06. The van der Waals surface area contributed by atoms with E-state index in [2.05, 4.69) is 10.3 Å². The van der Waals surface area contributed by atoms with Gasteiger partial charge in [-0.15, -0.1) is 0 Å². The molecule has 0 spiro atoms. The smallest absolute Gasteiger partial charge is 0.271 e. The Morgan fingerprint density at radius 3 is 2.79 bits per heavy atom. The van der Waals surface area contributed by atoms with Crippen molar-refractivity contribution < 1.29 is 4.92 Å². The number of pyridine rings is 1. The Kier molecular flexibility index (Phi) is 3.75. The molecule has 2 rings (SSSR count). The Hall–Kier alpha value is -2.43. The van der Waals surface area contributed by atoms with Crippen LogP contribution in [0.25, 0.3) is 0 Å². The molecule has 2 aromatic rings. The predicted molar refractivity (Wildman–Crippen MR) is 74.1 cm³/mol. The molecule has 0 amide bonds. The first kappa shape index (κ1) is 13.0. The summed E-state index contributed by atoms with van der Waals surface area (Å²) in [6.45, 7) is 3.83. The van der Waals surface area contributed by atoms with Gasteiger partial charge in [-0.05, 0) is 37.1 Å². The number of rotatable bonds is 4. The molecule has 0 bridgehead atoms. The topological polar surface area (TPSA) is 68.1 Å². The van der Waals surface area contributed by atoms with Gasteiger partial charge in [-0.3, -0.25) is 15.1 Å². The molecule has 5 nitrogen and oxygen atoms in total. The number of aromatic nitrogens is 1. The molecule has 1 heterocycles. The highest BCUT2D eigenvalue weighted by atomic mass is 16.6. The van der Waals surface area contributed by atoms with E-state index < -0.39 is 0 Å². The van der Waals surface area contributed by atoms with Crippen molar-refractivity contribution in [1.82, 2.24) is 4.98 Å². The zero-order valence-corrected chi connectivity index (χ0v) is 10.8. The molecule has 0 aliphatic carbocycles. The lowest BCUT2D eigenvalue weighted by molar-refractivity contribution is -0.384. The molecule has 1 aromatic heterocycles. The highest BCUT2D eigenvalue weighted by molar-refractivity contribution is 5.54. The fourth-order valence-corrected chi connectivity index (χ4v) is 1.92. The highest BCUT2D eigenvalue weighted by Gasteiger charge is 2.10. The first-order valence-corrected chi connectivity index (χ1v) is 5.99. The average molecular weight is 257 g/mol. The molecule has 19 heavy (non-hydrogen) atoms. The van der Waals surface area contributed by atoms with Crippen molar-refractivity contribution in [1.29, 1.82) is 0 Å². The molecule has 0 saturated carbocycles. The van der Waals surface area contributed by atoms with E-state index in [1.165, 1.54) is 0 Å². The summed E-state index contributed by atoms with van der Waals surface area (Å²) in [5, 5.41) is 14.1. The van der Waals surface area contributed by atoms with Crippen LogP contribution in [0.2, 0.25) is 0 Å². The van der Waals surface area contributed by atoms with Gasteiger partial charge in [-0.2, -0.15) is 0 Å². The van der Waals surface area contributed by atoms with Gasteiger partial charge in [-0.25, -0.2) is 0 Å². The van der Waals surface area contributed by atoms with Crippen molar-refractivity contribution >= 4 is 11.4 Å². The zero-order chi connectivity index (χ0) is 13.8. The molecule has 1 N–H and O–H groups in total. The maximum Gasteiger partial charge on any atom is 0.271 e. The van der Waals surface area contributed by atoms with Crippen LogP contribution < -0.4 is 5.32 Å². The molecular weight excluding hydrogens is 242 g/mol. The minimum atomic E-state index is -0.382. The second-order valence-electron chi connectivity index (χ2n) is 4.47. The summed E-state index contributed by atoms with van der Waals surface area (Å²) in [7, 11) is 0. The predicted octanol–water partition coefficient (Wildman–Crippen LogP) is 3.47. The summed E-state index contributed by atoms with van der Waals surface area (Å²) in [5.41, 5.74) is 2.73. The lowest BCUT2D eigenvalue weighted by atomic mass is 10.1. The Morgan fingerprint density at radius 2 is 2.16 bits per heavy atom. The van der Waals surface area contributed by atoms with Gasteiger partial charge in [0, 0.05) is 30.2 Å². The molecule has 0 aliphatic heterocycles. The van der Waals surface area contributed by atoms with Crippen LogP contribution in [0.4, 0.5) is 11.4 Å². The van der Waals surface area contributed by atoms with Crippen LogP contribution in [-0.4, -0.2) is 9.91 Å². The molecule has 0 aliphatic rings. The van der Waals surface area contributed by atoms with Crippen LogP contribution in [0.15, 0.2) is 42.7 Å². The van der Waals surface area contributed by atoms with E-state index >= 15 is 0 Å². The van der Waals surface area contributed by atoms with Crippen molar-refractivity contribution in [2.45, 2.75) is 19.9 Å². The maximum atomic E-state index is 10.8. The lowest BCUT2D eigenvalue weighted by Crippen LogP contribution is -2.07. The standard InChI is InChI=1S/C14H15N3O2/c1-10-6-13(8-14(7-10)17(18)19)16-11(2)12-4-3-5-15-9-12/h3-9,11,16H,1-2H3. The average Bonchev–Trinajstić information content (AvgIpc) is 2.39. The summed E-state index contributed by atoms with van der Waals surface area (Å²) in [6, 6.07) is 8.86. The SMILES string of the molecule is Cc1cc(NC(C)c2cccnc2)cc([N+](=O)[O-])c1. The molecule has 0 radical (unpaired) electrons. The van der Waals surface area contributed by atoms with E-state index in [4.69, 9.17) is 0 Å². The van der Waals surface area contributed by atoms with Crippen molar-refractivity contribution in [3.63, 3.8) is 0 Å². The molecule has 98 valence electrons. The minimum absolute atomic E-state index is 0.0371. The van der Waals surface area contributed by atoms with Crippen molar-refractivity contribution in [2.24, 2.45) is 0 Å².